The van der Waals surface area contributed by atoms with E-state index in [9.17, 15) is 9.59 Å². The summed E-state index contributed by atoms with van der Waals surface area (Å²) in [6.45, 7) is 3.55. The Kier molecular flexibility index (Phi) is 5.28. The van der Waals surface area contributed by atoms with Crippen LogP contribution >= 0.6 is 11.3 Å². The van der Waals surface area contributed by atoms with E-state index >= 15 is 0 Å². The normalized spacial score (nSPS) is 15.0. The predicted octanol–water partition coefficient (Wildman–Crippen LogP) is 2.03. The van der Waals surface area contributed by atoms with E-state index in [4.69, 9.17) is 0 Å². The highest BCUT2D eigenvalue weighted by Crippen LogP contribution is 2.19. The van der Waals surface area contributed by atoms with Gasteiger partial charge in [-0.2, -0.15) is 0 Å². The lowest BCUT2D eigenvalue weighted by Gasteiger charge is -2.32. The first-order chi connectivity index (χ1) is 12.1. The molecular formula is C17H20N4O3S. The van der Waals surface area contributed by atoms with Gasteiger partial charge in [-0.3, -0.25) is 4.79 Å². The van der Waals surface area contributed by atoms with Crippen molar-refractivity contribution in [2.24, 2.45) is 0 Å². The maximum atomic E-state index is 12.2. The number of methoxy groups -OCH3 is 1. The van der Waals surface area contributed by atoms with Crippen molar-refractivity contribution in [2.45, 2.75) is 25.8 Å². The van der Waals surface area contributed by atoms with Crippen LogP contribution in [0.25, 0.3) is 0 Å². The lowest BCUT2D eigenvalue weighted by atomic mass is 10.0. The summed E-state index contributed by atoms with van der Waals surface area (Å²) in [7, 11) is 1.31. The first kappa shape index (κ1) is 17.3. The van der Waals surface area contributed by atoms with Crippen molar-refractivity contribution in [1.82, 2.24) is 15.5 Å². The van der Waals surface area contributed by atoms with Gasteiger partial charge in [0.2, 0.25) is 0 Å². The molecule has 0 aliphatic carbocycles. The topological polar surface area (TPSA) is 84.4 Å². The molecule has 1 aliphatic rings. The van der Waals surface area contributed by atoms with E-state index in [2.05, 4.69) is 25.2 Å². The Morgan fingerprint density at radius 2 is 1.96 bits per heavy atom. The van der Waals surface area contributed by atoms with Gasteiger partial charge >= 0.3 is 5.97 Å². The molecule has 1 amide bonds. The summed E-state index contributed by atoms with van der Waals surface area (Å²) in [5.41, 5.74) is 0.194. The van der Waals surface area contributed by atoms with Gasteiger partial charge in [-0.05, 0) is 44.0 Å². The molecule has 0 bridgehead atoms. The van der Waals surface area contributed by atoms with Crippen LogP contribution in [0.15, 0.2) is 24.3 Å². The number of anilines is 1. The number of amides is 1. The Hall–Kier alpha value is -2.48. The Bertz CT molecular complexity index is 752. The molecule has 1 N–H and O–H groups in total. The second kappa shape index (κ2) is 7.60. The number of ether oxygens (including phenoxy) is 1. The molecule has 7 nitrogen and oxygen atoms in total. The van der Waals surface area contributed by atoms with E-state index in [1.165, 1.54) is 18.4 Å². The lowest BCUT2D eigenvalue weighted by Crippen LogP contribution is -2.44. The molecule has 1 fully saturated rings. The number of hydrogen-bond acceptors (Lipinski definition) is 7. The largest absolute Gasteiger partial charge is 0.464 e. The van der Waals surface area contributed by atoms with Gasteiger partial charge in [0.1, 0.15) is 0 Å². The molecule has 8 heteroatoms. The number of rotatable bonds is 4. The summed E-state index contributed by atoms with van der Waals surface area (Å²) >= 11 is 1.51. The van der Waals surface area contributed by atoms with Gasteiger partial charge in [0, 0.05) is 24.0 Å². The fourth-order valence-corrected chi connectivity index (χ4v) is 3.54. The third-order valence-corrected chi connectivity index (χ3v) is 5.16. The van der Waals surface area contributed by atoms with E-state index in [0.717, 1.165) is 41.5 Å². The van der Waals surface area contributed by atoms with E-state index < -0.39 is 5.97 Å². The molecule has 0 unspecified atom stereocenters. The summed E-state index contributed by atoms with van der Waals surface area (Å²) in [5.74, 6) is 0.231. The lowest BCUT2D eigenvalue weighted by molar-refractivity contribution is 0.0592. The third-order valence-electron chi connectivity index (χ3n) is 4.16. The minimum atomic E-state index is -0.496. The van der Waals surface area contributed by atoms with Gasteiger partial charge < -0.3 is 15.0 Å². The highest BCUT2D eigenvalue weighted by Gasteiger charge is 2.23. The standard InChI is InChI=1S/C17H20N4O3S/c1-11-3-5-14(25-11)16(22)18-12-7-9-21(10-8-12)15-6-4-13(19-20-15)17(23)24-2/h3-6,12H,7-10H2,1-2H3,(H,18,22). The minimum absolute atomic E-state index is 0.00114. The highest BCUT2D eigenvalue weighted by atomic mass is 32.1. The van der Waals surface area contributed by atoms with Gasteiger partial charge in [-0.1, -0.05) is 0 Å². The molecule has 1 aliphatic heterocycles. The number of thiophene rings is 1. The molecule has 132 valence electrons. The zero-order valence-corrected chi connectivity index (χ0v) is 15.0. The number of aryl methyl sites for hydroxylation is 1. The van der Waals surface area contributed by atoms with E-state index in [-0.39, 0.29) is 17.6 Å². The smallest absolute Gasteiger partial charge is 0.358 e. The SMILES string of the molecule is COC(=O)c1ccc(N2CCC(NC(=O)c3ccc(C)s3)CC2)nn1. The molecule has 0 radical (unpaired) electrons. The van der Waals surface area contributed by atoms with Crippen LogP contribution in [0.2, 0.25) is 0 Å². The number of esters is 1. The predicted molar refractivity (Wildman–Crippen MR) is 95.1 cm³/mol. The molecule has 3 rings (SSSR count). The number of nitrogens with zero attached hydrogens (tertiary/aromatic N) is 3. The first-order valence-electron chi connectivity index (χ1n) is 8.11. The van der Waals surface area contributed by atoms with Crippen molar-refractivity contribution in [1.29, 1.82) is 0 Å². The van der Waals surface area contributed by atoms with Crippen molar-refractivity contribution in [3.63, 3.8) is 0 Å². The summed E-state index contributed by atoms with van der Waals surface area (Å²) in [6, 6.07) is 7.36. The maximum absolute atomic E-state index is 12.2. The quantitative estimate of drug-likeness (QED) is 0.840. The second-order valence-corrected chi connectivity index (χ2v) is 7.20. The van der Waals surface area contributed by atoms with Crippen LogP contribution in [0.1, 0.15) is 37.9 Å². The van der Waals surface area contributed by atoms with Crippen LogP contribution in [0.3, 0.4) is 0 Å². The van der Waals surface area contributed by atoms with Crippen LogP contribution in [0.5, 0.6) is 0 Å². The zero-order chi connectivity index (χ0) is 17.8. The Balaban J connectivity index is 1.53. The Labute approximate surface area is 150 Å². The van der Waals surface area contributed by atoms with Crippen molar-refractivity contribution < 1.29 is 14.3 Å². The molecular weight excluding hydrogens is 340 g/mol. The molecule has 0 saturated carbocycles. The second-order valence-electron chi connectivity index (χ2n) is 5.91. The summed E-state index contributed by atoms with van der Waals surface area (Å²) in [5, 5.41) is 11.1. The van der Waals surface area contributed by atoms with Crippen molar-refractivity contribution in [3.05, 3.63) is 39.7 Å². The molecule has 0 atom stereocenters. The van der Waals surface area contributed by atoms with Crippen LogP contribution < -0.4 is 10.2 Å². The molecule has 2 aromatic rings. The molecule has 1 saturated heterocycles. The third kappa shape index (κ3) is 4.14. The average Bonchev–Trinajstić information content (AvgIpc) is 3.08. The number of nitrogens with one attached hydrogen (secondary N) is 1. The van der Waals surface area contributed by atoms with Crippen molar-refractivity contribution in [3.8, 4) is 0 Å². The fourth-order valence-electron chi connectivity index (χ4n) is 2.77. The van der Waals surface area contributed by atoms with E-state index in [1.807, 2.05) is 19.1 Å². The van der Waals surface area contributed by atoms with Crippen molar-refractivity contribution in [2.75, 3.05) is 25.1 Å². The molecule has 25 heavy (non-hydrogen) atoms. The van der Waals surface area contributed by atoms with Crippen LogP contribution in [-0.2, 0) is 4.74 Å². The number of piperidine rings is 1. The molecule has 0 aromatic carbocycles. The molecule has 3 heterocycles. The number of carbonyl (C=O) groups excluding carboxylic acids is 2. The highest BCUT2D eigenvalue weighted by molar-refractivity contribution is 7.13. The van der Waals surface area contributed by atoms with Gasteiger partial charge in [0.25, 0.3) is 5.91 Å². The monoisotopic (exact) mass is 360 g/mol. The van der Waals surface area contributed by atoms with Gasteiger partial charge in [0.15, 0.2) is 11.5 Å². The summed E-state index contributed by atoms with van der Waals surface area (Å²) in [6.07, 6.45) is 1.69. The first-order valence-corrected chi connectivity index (χ1v) is 8.93. The molecule has 2 aromatic heterocycles. The number of aromatic nitrogens is 2. The summed E-state index contributed by atoms with van der Waals surface area (Å²) in [4.78, 5) is 27.6. The fraction of sp³-hybridized carbons (Fsp3) is 0.412. The number of hydrogen-bond donors (Lipinski definition) is 1. The van der Waals surface area contributed by atoms with E-state index in [1.54, 1.807) is 12.1 Å². The van der Waals surface area contributed by atoms with Crippen molar-refractivity contribution >= 4 is 29.0 Å². The van der Waals surface area contributed by atoms with Gasteiger partial charge in [-0.25, -0.2) is 4.79 Å². The van der Waals surface area contributed by atoms with Crippen LogP contribution in [0, 0.1) is 6.92 Å². The van der Waals surface area contributed by atoms with Gasteiger partial charge in [0.05, 0.1) is 12.0 Å². The zero-order valence-electron chi connectivity index (χ0n) is 14.2. The minimum Gasteiger partial charge on any atom is -0.464 e. The van der Waals surface area contributed by atoms with Crippen LogP contribution in [-0.4, -0.2) is 48.3 Å². The van der Waals surface area contributed by atoms with E-state index in [0.29, 0.717) is 0 Å². The Morgan fingerprint density at radius 3 is 2.52 bits per heavy atom. The maximum Gasteiger partial charge on any atom is 0.358 e. The van der Waals surface area contributed by atoms with Gasteiger partial charge in [-0.15, -0.1) is 21.5 Å². The summed E-state index contributed by atoms with van der Waals surface area (Å²) < 4.78 is 4.62. The average molecular weight is 360 g/mol. The van der Waals surface area contributed by atoms with Crippen LogP contribution in [0.4, 0.5) is 5.82 Å². The number of carbonyl (C=O) groups is 2. The Morgan fingerprint density at radius 1 is 1.20 bits per heavy atom. The molecule has 0 spiro atoms.